The van der Waals surface area contributed by atoms with Crippen molar-refractivity contribution >= 4 is 0 Å². The molecule has 0 saturated carbocycles. The van der Waals surface area contributed by atoms with Crippen LogP contribution in [0.5, 0.6) is 0 Å². The van der Waals surface area contributed by atoms with Crippen molar-refractivity contribution in [2.75, 3.05) is 13.7 Å². The topological polar surface area (TPSA) is 32.3 Å². The zero-order chi connectivity index (χ0) is 8.69. The van der Waals surface area contributed by atoms with Crippen LogP contribution in [0, 0.1) is 0 Å². The second kappa shape index (κ2) is 6.38. The summed E-state index contributed by atoms with van der Waals surface area (Å²) in [5.74, 6) is 0. The largest absolute Gasteiger partial charge is 0.392 e. The predicted octanol–water partition coefficient (Wildman–Crippen LogP) is 1.31. The molecule has 1 atom stereocenters. The first-order valence-corrected chi connectivity index (χ1v) is 4.14. The van der Waals surface area contributed by atoms with Gasteiger partial charge in [0.25, 0.3) is 0 Å². The molecule has 0 heterocycles. The fraction of sp³-hybridized carbons (Fsp3) is 0.778. The maximum absolute atomic E-state index is 8.67. The van der Waals surface area contributed by atoms with Crippen molar-refractivity contribution in [1.82, 2.24) is 5.32 Å². The molecule has 0 aromatic rings. The number of aliphatic hydroxyl groups excluding tert-OH is 1. The van der Waals surface area contributed by atoms with Gasteiger partial charge in [0, 0.05) is 6.04 Å². The minimum atomic E-state index is 0.188. The summed E-state index contributed by atoms with van der Waals surface area (Å²) >= 11 is 0. The molecule has 0 saturated heterocycles. The second-order valence-electron chi connectivity index (χ2n) is 2.98. The van der Waals surface area contributed by atoms with Gasteiger partial charge in [0.2, 0.25) is 0 Å². The number of rotatable bonds is 5. The van der Waals surface area contributed by atoms with Gasteiger partial charge in [0.1, 0.15) is 0 Å². The molecule has 0 spiro atoms. The van der Waals surface area contributed by atoms with Crippen molar-refractivity contribution in [2.45, 2.75) is 32.7 Å². The van der Waals surface area contributed by atoms with Crippen molar-refractivity contribution in [3.05, 3.63) is 11.6 Å². The molecule has 0 aliphatic rings. The van der Waals surface area contributed by atoms with Gasteiger partial charge < -0.3 is 10.4 Å². The van der Waals surface area contributed by atoms with E-state index in [1.807, 2.05) is 14.0 Å². The predicted molar refractivity (Wildman–Crippen MR) is 48.6 cm³/mol. The number of hydrogen-bond acceptors (Lipinski definition) is 2. The van der Waals surface area contributed by atoms with E-state index in [1.165, 1.54) is 0 Å². The third-order valence-corrected chi connectivity index (χ3v) is 1.83. The van der Waals surface area contributed by atoms with Gasteiger partial charge in [-0.05, 0) is 33.7 Å². The highest BCUT2D eigenvalue weighted by Crippen LogP contribution is 2.00. The van der Waals surface area contributed by atoms with Crippen molar-refractivity contribution in [1.29, 1.82) is 0 Å². The molecule has 11 heavy (non-hydrogen) atoms. The summed E-state index contributed by atoms with van der Waals surface area (Å²) in [6.45, 7) is 4.29. The molecule has 0 bridgehead atoms. The van der Waals surface area contributed by atoms with Gasteiger partial charge in [-0.1, -0.05) is 11.6 Å². The highest BCUT2D eigenvalue weighted by atomic mass is 16.3. The molecule has 0 rings (SSSR count). The summed E-state index contributed by atoms with van der Waals surface area (Å²) in [4.78, 5) is 0. The van der Waals surface area contributed by atoms with Crippen LogP contribution in [0.25, 0.3) is 0 Å². The Bertz CT molecular complexity index is 121. The molecule has 0 aliphatic heterocycles. The van der Waals surface area contributed by atoms with Gasteiger partial charge in [-0.25, -0.2) is 0 Å². The standard InChI is InChI=1S/C9H19NO/c1-8(7-11)5-4-6-9(2)10-3/h5,9-11H,4,6-7H2,1-3H3. The van der Waals surface area contributed by atoms with Crippen molar-refractivity contribution < 1.29 is 5.11 Å². The van der Waals surface area contributed by atoms with E-state index in [1.54, 1.807) is 0 Å². The third kappa shape index (κ3) is 6.07. The van der Waals surface area contributed by atoms with Gasteiger partial charge in [-0.2, -0.15) is 0 Å². The highest BCUT2D eigenvalue weighted by Gasteiger charge is 1.94. The Balaban J connectivity index is 3.39. The highest BCUT2D eigenvalue weighted by molar-refractivity contribution is 4.97. The van der Waals surface area contributed by atoms with Crippen LogP contribution in [0.4, 0.5) is 0 Å². The molecule has 0 aliphatic carbocycles. The molecule has 2 N–H and O–H groups in total. The number of nitrogens with one attached hydrogen (secondary N) is 1. The van der Waals surface area contributed by atoms with E-state index in [2.05, 4.69) is 18.3 Å². The average molecular weight is 157 g/mol. The minimum absolute atomic E-state index is 0.188. The van der Waals surface area contributed by atoms with Gasteiger partial charge >= 0.3 is 0 Å². The molecule has 0 fully saturated rings. The molecule has 0 radical (unpaired) electrons. The monoisotopic (exact) mass is 157 g/mol. The number of allylic oxidation sites excluding steroid dienone is 1. The van der Waals surface area contributed by atoms with E-state index in [4.69, 9.17) is 5.11 Å². The van der Waals surface area contributed by atoms with Gasteiger partial charge in [0.05, 0.1) is 6.61 Å². The summed E-state index contributed by atoms with van der Waals surface area (Å²) in [7, 11) is 1.97. The summed E-state index contributed by atoms with van der Waals surface area (Å²) < 4.78 is 0. The zero-order valence-corrected chi connectivity index (χ0v) is 7.72. The van der Waals surface area contributed by atoms with Gasteiger partial charge in [-0.15, -0.1) is 0 Å². The van der Waals surface area contributed by atoms with Crippen molar-refractivity contribution in [3.8, 4) is 0 Å². The molecular weight excluding hydrogens is 138 g/mol. The van der Waals surface area contributed by atoms with E-state index >= 15 is 0 Å². The lowest BCUT2D eigenvalue weighted by Gasteiger charge is -2.07. The Hall–Kier alpha value is -0.340. The molecule has 0 amide bonds. The lowest BCUT2D eigenvalue weighted by atomic mass is 10.1. The Kier molecular flexibility index (Phi) is 6.18. The Morgan fingerprint density at radius 2 is 2.27 bits per heavy atom. The SMILES string of the molecule is CNC(C)CCC=C(C)CO. The molecule has 1 unspecified atom stereocenters. The van der Waals surface area contributed by atoms with Gasteiger partial charge in [-0.3, -0.25) is 0 Å². The number of aliphatic hydroxyl groups is 1. The molecule has 0 aromatic heterocycles. The fourth-order valence-corrected chi connectivity index (χ4v) is 0.789. The van der Waals surface area contributed by atoms with Crippen molar-refractivity contribution in [2.24, 2.45) is 0 Å². The first-order chi connectivity index (χ1) is 5.20. The quantitative estimate of drug-likeness (QED) is 0.590. The fourth-order valence-electron chi connectivity index (χ4n) is 0.789. The van der Waals surface area contributed by atoms with E-state index < -0.39 is 0 Å². The van der Waals surface area contributed by atoms with Crippen LogP contribution in [0.1, 0.15) is 26.7 Å². The van der Waals surface area contributed by atoms with Crippen LogP contribution in [-0.4, -0.2) is 24.8 Å². The summed E-state index contributed by atoms with van der Waals surface area (Å²) in [5.41, 5.74) is 1.06. The second-order valence-corrected chi connectivity index (χ2v) is 2.98. The average Bonchev–Trinajstić information content (AvgIpc) is 2.04. The summed E-state index contributed by atoms with van der Waals surface area (Å²) in [6, 6.07) is 0.567. The molecular formula is C9H19NO. The first kappa shape index (κ1) is 10.7. The molecule has 0 aromatic carbocycles. The molecule has 66 valence electrons. The van der Waals surface area contributed by atoms with Crippen LogP contribution in [-0.2, 0) is 0 Å². The van der Waals surface area contributed by atoms with Crippen LogP contribution < -0.4 is 5.32 Å². The zero-order valence-electron chi connectivity index (χ0n) is 7.72. The molecule has 2 heteroatoms. The molecule has 2 nitrogen and oxygen atoms in total. The lowest BCUT2D eigenvalue weighted by molar-refractivity contribution is 0.330. The van der Waals surface area contributed by atoms with Crippen LogP contribution in [0.3, 0.4) is 0 Å². The van der Waals surface area contributed by atoms with Crippen molar-refractivity contribution in [3.63, 3.8) is 0 Å². The smallest absolute Gasteiger partial charge is 0.0639 e. The van der Waals surface area contributed by atoms with Crippen LogP contribution in [0.15, 0.2) is 11.6 Å². The van der Waals surface area contributed by atoms with E-state index in [9.17, 15) is 0 Å². The Labute approximate surface area is 69.3 Å². The summed E-state index contributed by atoms with van der Waals surface area (Å²) in [5, 5.41) is 11.8. The van der Waals surface area contributed by atoms with E-state index in [-0.39, 0.29) is 6.61 Å². The summed E-state index contributed by atoms with van der Waals surface area (Å²) in [6.07, 6.45) is 4.27. The van der Waals surface area contributed by atoms with E-state index in [0.717, 1.165) is 18.4 Å². The van der Waals surface area contributed by atoms with Crippen LogP contribution in [0.2, 0.25) is 0 Å². The normalized spacial score (nSPS) is 15.1. The minimum Gasteiger partial charge on any atom is -0.392 e. The van der Waals surface area contributed by atoms with E-state index in [0.29, 0.717) is 6.04 Å². The van der Waals surface area contributed by atoms with Gasteiger partial charge in [0.15, 0.2) is 0 Å². The maximum Gasteiger partial charge on any atom is 0.0639 e. The van der Waals surface area contributed by atoms with Crippen LogP contribution >= 0.6 is 0 Å². The Morgan fingerprint density at radius 3 is 2.73 bits per heavy atom. The first-order valence-electron chi connectivity index (χ1n) is 4.14. The Morgan fingerprint density at radius 1 is 1.64 bits per heavy atom. The lowest BCUT2D eigenvalue weighted by Crippen LogP contribution is -2.20. The third-order valence-electron chi connectivity index (χ3n) is 1.83. The number of hydrogen-bond donors (Lipinski definition) is 2. The maximum atomic E-state index is 8.67.